The normalized spacial score (nSPS) is 13.8. The first-order chi connectivity index (χ1) is 43.8. The number of phosphoric ester groups is 1. The molecule has 2 atom stereocenters. The molecule has 89 heavy (non-hydrogen) atoms. The second kappa shape index (κ2) is 72.9. The van der Waals surface area contributed by atoms with Crippen LogP contribution >= 0.6 is 7.82 Å². The summed E-state index contributed by atoms with van der Waals surface area (Å²) in [6.45, 7) is 3.63. The summed E-state index contributed by atoms with van der Waals surface area (Å²) >= 11 is 0. The lowest BCUT2D eigenvalue weighted by Gasteiger charge is -2.19. The fourth-order valence-corrected chi connectivity index (χ4v) is 10.6. The molecule has 0 aromatic carbocycles. The summed E-state index contributed by atoms with van der Waals surface area (Å²) in [5.41, 5.74) is 5.40. The number of nitrogens with two attached hydrogens (primary N) is 1. The van der Waals surface area contributed by atoms with Gasteiger partial charge in [-0.05, 0) is 122 Å². The van der Waals surface area contributed by atoms with Crippen LogP contribution in [0, 0.1) is 0 Å². The summed E-state index contributed by atoms with van der Waals surface area (Å²) < 4.78 is 33.2. The van der Waals surface area contributed by atoms with E-state index in [0.717, 1.165) is 109 Å². The molecular formula is C79H134NO8P. The predicted molar refractivity (Wildman–Crippen MR) is 385 cm³/mol. The van der Waals surface area contributed by atoms with Crippen LogP contribution < -0.4 is 5.73 Å². The lowest BCUT2D eigenvalue weighted by Crippen LogP contribution is -2.29. The number of allylic oxidation sites excluding steroid dienone is 24. The van der Waals surface area contributed by atoms with Crippen LogP contribution in [0.4, 0.5) is 0 Å². The zero-order valence-corrected chi connectivity index (χ0v) is 58.0. The topological polar surface area (TPSA) is 134 Å². The molecule has 0 heterocycles. The molecule has 0 aromatic heterocycles. The average Bonchev–Trinajstić information content (AvgIpc) is 3.58. The van der Waals surface area contributed by atoms with E-state index in [1.165, 1.54) is 167 Å². The molecule has 0 amide bonds. The van der Waals surface area contributed by atoms with Gasteiger partial charge in [-0.25, -0.2) is 4.57 Å². The van der Waals surface area contributed by atoms with Crippen molar-refractivity contribution >= 4 is 19.8 Å². The van der Waals surface area contributed by atoms with Crippen molar-refractivity contribution in [1.82, 2.24) is 0 Å². The van der Waals surface area contributed by atoms with E-state index in [4.69, 9.17) is 24.3 Å². The van der Waals surface area contributed by atoms with Gasteiger partial charge in [0.15, 0.2) is 6.10 Å². The molecule has 0 saturated heterocycles. The number of carbonyl (C=O) groups is 2. The number of ether oxygens (including phenoxy) is 2. The molecule has 0 radical (unpaired) electrons. The Morgan fingerprint density at radius 3 is 0.921 bits per heavy atom. The Balaban J connectivity index is 3.91. The Morgan fingerprint density at radius 1 is 0.348 bits per heavy atom. The van der Waals surface area contributed by atoms with E-state index in [9.17, 15) is 19.0 Å². The number of hydrogen-bond donors (Lipinski definition) is 2. The largest absolute Gasteiger partial charge is 0.472 e. The van der Waals surface area contributed by atoms with Crippen molar-refractivity contribution in [1.29, 1.82) is 0 Å². The van der Waals surface area contributed by atoms with Gasteiger partial charge < -0.3 is 20.1 Å². The van der Waals surface area contributed by atoms with Crippen molar-refractivity contribution in [2.75, 3.05) is 26.4 Å². The summed E-state index contributed by atoms with van der Waals surface area (Å²) in [6.07, 6.45) is 105. The van der Waals surface area contributed by atoms with Crippen LogP contribution in [0.2, 0.25) is 0 Å². The molecule has 0 saturated carbocycles. The maximum absolute atomic E-state index is 12.8. The molecule has 508 valence electrons. The molecular weight excluding hydrogens is 1120 g/mol. The summed E-state index contributed by atoms with van der Waals surface area (Å²) in [6, 6.07) is 0. The highest BCUT2D eigenvalue weighted by Gasteiger charge is 2.26. The summed E-state index contributed by atoms with van der Waals surface area (Å²) in [5.74, 6) is -0.830. The fourth-order valence-electron chi connectivity index (χ4n) is 9.87. The predicted octanol–water partition coefficient (Wildman–Crippen LogP) is 24.2. The second-order valence-corrected chi connectivity index (χ2v) is 25.2. The fraction of sp³-hybridized carbons (Fsp3) is 0.671. The van der Waals surface area contributed by atoms with Crippen LogP contribution in [0.25, 0.3) is 0 Å². The van der Waals surface area contributed by atoms with Crippen molar-refractivity contribution < 1.29 is 37.6 Å². The van der Waals surface area contributed by atoms with Gasteiger partial charge in [-0.15, -0.1) is 0 Å². The molecule has 0 aliphatic heterocycles. The van der Waals surface area contributed by atoms with Crippen LogP contribution in [-0.2, 0) is 32.7 Å². The third kappa shape index (κ3) is 72.8. The third-order valence-electron chi connectivity index (χ3n) is 15.2. The van der Waals surface area contributed by atoms with Gasteiger partial charge in [-0.1, -0.05) is 320 Å². The monoisotopic (exact) mass is 1260 g/mol. The molecule has 0 spiro atoms. The van der Waals surface area contributed by atoms with Crippen molar-refractivity contribution in [3.8, 4) is 0 Å². The van der Waals surface area contributed by atoms with Gasteiger partial charge in [0, 0.05) is 19.4 Å². The lowest BCUT2D eigenvalue weighted by atomic mass is 10.0. The SMILES string of the molecule is CC/C=C\C/C=C\C/C=C\C/C=C\C/C=C\C/C=C\C/C=C\C/C=C\C/C=C\CCCCCCCCCCCCCCCC(=O)OC(COC(=O)CCCCCCCCCCCCCC/C=C\C/C=C\C/C=C\CCCCCCC)COP(=O)(O)OCCN. The van der Waals surface area contributed by atoms with Gasteiger partial charge in [0.1, 0.15) is 6.61 Å². The Kier molecular flexibility index (Phi) is 69.6. The minimum Gasteiger partial charge on any atom is -0.462 e. The Bertz CT molecular complexity index is 1970. The number of unbranched alkanes of at least 4 members (excludes halogenated alkanes) is 30. The van der Waals surface area contributed by atoms with Gasteiger partial charge in [0.25, 0.3) is 0 Å². The van der Waals surface area contributed by atoms with Crippen molar-refractivity contribution in [3.05, 3.63) is 146 Å². The highest BCUT2D eigenvalue weighted by atomic mass is 31.2. The number of hydrogen-bond acceptors (Lipinski definition) is 8. The van der Waals surface area contributed by atoms with Gasteiger partial charge in [0.2, 0.25) is 0 Å². The molecule has 0 bridgehead atoms. The van der Waals surface area contributed by atoms with Crippen LogP contribution in [0.5, 0.6) is 0 Å². The van der Waals surface area contributed by atoms with E-state index < -0.39 is 26.5 Å². The molecule has 10 heteroatoms. The van der Waals surface area contributed by atoms with E-state index in [-0.39, 0.29) is 38.6 Å². The third-order valence-corrected chi connectivity index (χ3v) is 16.2. The van der Waals surface area contributed by atoms with E-state index in [1.807, 2.05) is 0 Å². The first-order valence-corrected chi connectivity index (χ1v) is 37.8. The molecule has 0 aliphatic rings. The number of esters is 2. The van der Waals surface area contributed by atoms with Crippen LogP contribution in [0.3, 0.4) is 0 Å². The number of rotatable bonds is 67. The first-order valence-electron chi connectivity index (χ1n) is 36.3. The standard InChI is InChI=1S/C79H134NO8P/c1-3-5-7-9-11-13-15-17-19-21-23-25-27-29-31-32-33-34-35-36-37-38-39-40-41-42-43-44-46-48-50-52-54-56-58-60-62-64-66-68-70-72-79(82)88-77(76-87-89(83,84)86-74-73-80)75-85-78(81)71-69-67-65-63-61-59-57-55-53-51-49-47-45-30-28-26-24-22-20-18-16-14-12-10-8-6-4-2/h5,7,11,13,16-19,22-25,28-31,33-34,36-37,39-40,42-43,77H,3-4,6,8-10,12,14-15,20-21,26-27,32,35,38,41,44-76,80H2,1-2H3,(H,83,84)/b7-5-,13-11-,18-16-,19-17-,24-22-,25-23-,30-28-,31-29-,34-33-,37-36-,40-39-,43-42-. The maximum Gasteiger partial charge on any atom is 0.472 e. The second-order valence-electron chi connectivity index (χ2n) is 23.7. The minimum absolute atomic E-state index is 0.0478. The smallest absolute Gasteiger partial charge is 0.462 e. The minimum atomic E-state index is -4.40. The highest BCUT2D eigenvalue weighted by molar-refractivity contribution is 7.47. The van der Waals surface area contributed by atoms with E-state index in [1.54, 1.807) is 0 Å². The Hall–Kier alpha value is -4.11. The van der Waals surface area contributed by atoms with Gasteiger partial charge in [0.05, 0.1) is 13.2 Å². The maximum atomic E-state index is 12.8. The van der Waals surface area contributed by atoms with Gasteiger partial charge in [-0.2, -0.15) is 0 Å². The zero-order chi connectivity index (χ0) is 64.4. The summed E-state index contributed by atoms with van der Waals surface area (Å²) in [5, 5.41) is 0. The lowest BCUT2D eigenvalue weighted by molar-refractivity contribution is -0.161. The molecule has 0 rings (SSSR count). The quantitative estimate of drug-likeness (QED) is 0.0264. The summed E-state index contributed by atoms with van der Waals surface area (Å²) in [4.78, 5) is 35.4. The van der Waals surface area contributed by atoms with Crippen LogP contribution in [0.15, 0.2) is 146 Å². The average molecular weight is 1260 g/mol. The Labute approximate surface area is 547 Å². The number of carbonyl (C=O) groups excluding carboxylic acids is 2. The zero-order valence-electron chi connectivity index (χ0n) is 57.1. The highest BCUT2D eigenvalue weighted by Crippen LogP contribution is 2.43. The van der Waals surface area contributed by atoms with Gasteiger partial charge >= 0.3 is 19.8 Å². The molecule has 0 fully saturated rings. The van der Waals surface area contributed by atoms with E-state index in [2.05, 4.69) is 160 Å². The van der Waals surface area contributed by atoms with Crippen LogP contribution in [-0.4, -0.2) is 49.3 Å². The molecule has 9 nitrogen and oxygen atoms in total. The molecule has 3 N–H and O–H groups in total. The van der Waals surface area contributed by atoms with Crippen molar-refractivity contribution in [2.24, 2.45) is 5.73 Å². The van der Waals surface area contributed by atoms with E-state index in [0.29, 0.717) is 6.42 Å². The first kappa shape index (κ1) is 84.9. The molecule has 2 unspecified atom stereocenters. The summed E-state index contributed by atoms with van der Waals surface area (Å²) in [7, 11) is -4.40. The molecule has 0 aromatic rings. The van der Waals surface area contributed by atoms with Crippen LogP contribution in [0.1, 0.15) is 309 Å². The van der Waals surface area contributed by atoms with Gasteiger partial charge in [-0.3, -0.25) is 18.6 Å². The van der Waals surface area contributed by atoms with Crippen molar-refractivity contribution in [2.45, 2.75) is 315 Å². The Morgan fingerprint density at radius 2 is 0.618 bits per heavy atom. The van der Waals surface area contributed by atoms with E-state index >= 15 is 0 Å². The number of phosphoric acid groups is 1. The van der Waals surface area contributed by atoms with Crippen molar-refractivity contribution in [3.63, 3.8) is 0 Å². The molecule has 0 aliphatic carbocycles.